The zero-order valence-corrected chi connectivity index (χ0v) is 10.8. The summed E-state index contributed by atoms with van der Waals surface area (Å²) < 4.78 is 37.4. The number of hydrogen-bond donors (Lipinski definition) is 2. The van der Waals surface area contributed by atoms with Gasteiger partial charge in [-0.05, 0) is 42.9 Å². The maximum absolute atomic E-state index is 12.5. The number of nitrogens with two attached hydrogens (primary N) is 1. The Morgan fingerprint density at radius 2 is 1.80 bits per heavy atom. The molecular weight excluding hydrogens is 271 g/mol. The van der Waals surface area contributed by atoms with Gasteiger partial charge in [-0.25, -0.2) is 0 Å². The Labute approximate surface area is 114 Å². The largest absolute Gasteiger partial charge is 0.481 e. The molecule has 1 aromatic rings. The van der Waals surface area contributed by atoms with Crippen molar-refractivity contribution in [1.29, 1.82) is 0 Å². The van der Waals surface area contributed by atoms with E-state index in [2.05, 4.69) is 0 Å². The lowest BCUT2D eigenvalue weighted by atomic mass is 9.77. The minimum Gasteiger partial charge on any atom is -0.481 e. The Balaban J connectivity index is 2.21. The van der Waals surface area contributed by atoms with Crippen LogP contribution in [0.5, 0.6) is 0 Å². The quantitative estimate of drug-likeness (QED) is 0.875. The molecular formula is C14H16F3NO2. The molecule has 6 heteroatoms. The number of carbonyl (C=O) groups is 1. The maximum atomic E-state index is 12.5. The highest BCUT2D eigenvalue weighted by atomic mass is 19.4. The maximum Gasteiger partial charge on any atom is 0.416 e. The summed E-state index contributed by atoms with van der Waals surface area (Å²) in [6, 6.07) is 4.62. The summed E-state index contributed by atoms with van der Waals surface area (Å²) in [6.45, 7) is -0.00593. The zero-order valence-electron chi connectivity index (χ0n) is 10.8. The predicted molar refractivity (Wildman–Crippen MR) is 67.0 cm³/mol. The smallest absolute Gasteiger partial charge is 0.416 e. The van der Waals surface area contributed by atoms with Gasteiger partial charge in [0.05, 0.1) is 11.0 Å². The molecule has 1 atom stereocenters. The lowest BCUT2D eigenvalue weighted by molar-refractivity contribution is -0.149. The second kappa shape index (κ2) is 5.09. The van der Waals surface area contributed by atoms with Crippen LogP contribution in [-0.2, 0) is 17.4 Å². The molecule has 0 bridgehead atoms. The summed E-state index contributed by atoms with van der Waals surface area (Å²) >= 11 is 0. The lowest BCUT2D eigenvalue weighted by Crippen LogP contribution is -2.42. The van der Waals surface area contributed by atoms with E-state index < -0.39 is 23.1 Å². The van der Waals surface area contributed by atoms with Gasteiger partial charge < -0.3 is 10.8 Å². The Morgan fingerprint density at radius 1 is 1.25 bits per heavy atom. The minimum atomic E-state index is -4.38. The molecule has 1 aliphatic rings. The van der Waals surface area contributed by atoms with Gasteiger partial charge in [0.1, 0.15) is 0 Å². The van der Waals surface area contributed by atoms with E-state index in [1.807, 2.05) is 0 Å². The Kier molecular flexibility index (Phi) is 3.77. The highest BCUT2D eigenvalue weighted by Gasteiger charge is 2.50. The van der Waals surface area contributed by atoms with Gasteiger partial charge in [-0.1, -0.05) is 12.1 Å². The van der Waals surface area contributed by atoms with Crippen molar-refractivity contribution in [3.63, 3.8) is 0 Å². The van der Waals surface area contributed by atoms with Crippen LogP contribution >= 0.6 is 0 Å². The van der Waals surface area contributed by atoms with Crippen molar-refractivity contribution in [3.8, 4) is 0 Å². The first-order valence-electron chi connectivity index (χ1n) is 6.39. The van der Waals surface area contributed by atoms with Gasteiger partial charge in [0.25, 0.3) is 0 Å². The van der Waals surface area contributed by atoms with Crippen molar-refractivity contribution in [2.24, 2.45) is 17.1 Å². The van der Waals surface area contributed by atoms with Gasteiger partial charge in [-0.2, -0.15) is 13.2 Å². The third-order valence-corrected chi connectivity index (χ3v) is 3.95. The van der Waals surface area contributed by atoms with Crippen molar-refractivity contribution < 1.29 is 23.1 Å². The van der Waals surface area contributed by atoms with E-state index in [1.54, 1.807) is 0 Å². The number of benzene rings is 1. The molecule has 3 nitrogen and oxygen atoms in total. The van der Waals surface area contributed by atoms with Crippen LogP contribution in [0.4, 0.5) is 13.2 Å². The van der Waals surface area contributed by atoms with Gasteiger partial charge >= 0.3 is 12.1 Å². The van der Waals surface area contributed by atoms with E-state index >= 15 is 0 Å². The summed E-state index contributed by atoms with van der Waals surface area (Å²) in [6.07, 6.45) is -2.59. The molecule has 20 heavy (non-hydrogen) atoms. The van der Waals surface area contributed by atoms with Crippen molar-refractivity contribution >= 4 is 5.97 Å². The van der Waals surface area contributed by atoms with Crippen molar-refractivity contribution in [2.75, 3.05) is 6.54 Å². The lowest BCUT2D eigenvalue weighted by Gasteiger charge is -2.28. The van der Waals surface area contributed by atoms with Crippen LogP contribution in [0.15, 0.2) is 24.3 Å². The summed E-state index contributed by atoms with van der Waals surface area (Å²) in [7, 11) is 0. The molecule has 0 saturated heterocycles. The van der Waals surface area contributed by atoms with Crippen LogP contribution in [0.2, 0.25) is 0 Å². The standard InChI is InChI=1S/C14H16F3NO2/c15-14(16,17)11-3-1-9(2-4-11)7-13(8-18,12(19)20)10-5-6-10/h1-4,10H,5-8,18H2,(H,19,20). The van der Waals surface area contributed by atoms with E-state index in [4.69, 9.17) is 5.73 Å². The summed E-state index contributed by atoms with van der Waals surface area (Å²) in [5.41, 5.74) is 4.41. The number of aliphatic carboxylic acids is 1. The van der Waals surface area contributed by atoms with E-state index in [0.29, 0.717) is 5.56 Å². The molecule has 1 aliphatic carbocycles. The molecule has 0 aliphatic heterocycles. The van der Waals surface area contributed by atoms with E-state index in [1.165, 1.54) is 12.1 Å². The van der Waals surface area contributed by atoms with Crippen molar-refractivity contribution in [1.82, 2.24) is 0 Å². The normalized spacial score (nSPS) is 18.6. The van der Waals surface area contributed by atoms with Crippen LogP contribution < -0.4 is 5.73 Å². The molecule has 1 fully saturated rings. The Morgan fingerprint density at radius 3 is 2.15 bits per heavy atom. The fourth-order valence-electron chi connectivity index (χ4n) is 2.53. The van der Waals surface area contributed by atoms with Crippen molar-refractivity contribution in [2.45, 2.75) is 25.4 Å². The third kappa shape index (κ3) is 2.80. The Bertz CT molecular complexity index is 494. The first-order valence-corrected chi connectivity index (χ1v) is 6.39. The number of carboxylic acids is 1. The van der Waals surface area contributed by atoms with Gasteiger partial charge in [0.2, 0.25) is 0 Å². The summed E-state index contributed by atoms with van der Waals surface area (Å²) in [5.74, 6) is -0.949. The first-order chi connectivity index (χ1) is 9.29. The average Bonchev–Trinajstić information content (AvgIpc) is 3.19. The second-order valence-corrected chi connectivity index (χ2v) is 5.31. The average molecular weight is 287 g/mol. The van der Waals surface area contributed by atoms with Crippen LogP contribution in [-0.4, -0.2) is 17.6 Å². The molecule has 0 spiro atoms. The van der Waals surface area contributed by atoms with E-state index in [-0.39, 0.29) is 18.9 Å². The van der Waals surface area contributed by atoms with Gasteiger partial charge in [0, 0.05) is 6.54 Å². The molecule has 1 saturated carbocycles. The number of carboxylic acid groups (broad SMARTS) is 1. The van der Waals surface area contributed by atoms with Crippen LogP contribution in [0.3, 0.4) is 0 Å². The van der Waals surface area contributed by atoms with Crippen LogP contribution in [0.25, 0.3) is 0 Å². The molecule has 1 aromatic carbocycles. The van der Waals surface area contributed by atoms with Gasteiger partial charge in [0.15, 0.2) is 0 Å². The highest BCUT2D eigenvalue weighted by Crippen LogP contribution is 2.47. The van der Waals surface area contributed by atoms with Crippen molar-refractivity contribution in [3.05, 3.63) is 35.4 Å². The minimum absolute atomic E-state index is 0.00593. The number of rotatable bonds is 5. The molecule has 0 amide bonds. The second-order valence-electron chi connectivity index (χ2n) is 5.31. The van der Waals surface area contributed by atoms with Gasteiger partial charge in [-0.3, -0.25) is 4.79 Å². The summed E-state index contributed by atoms with van der Waals surface area (Å²) in [5, 5.41) is 9.42. The highest BCUT2D eigenvalue weighted by molar-refractivity contribution is 5.76. The van der Waals surface area contributed by atoms with Crippen LogP contribution in [0.1, 0.15) is 24.0 Å². The summed E-state index contributed by atoms with van der Waals surface area (Å²) in [4.78, 5) is 11.5. The predicted octanol–water partition coefficient (Wildman–Crippen LogP) is 2.69. The number of alkyl halides is 3. The third-order valence-electron chi connectivity index (χ3n) is 3.95. The SMILES string of the molecule is NCC(Cc1ccc(C(F)(F)F)cc1)(C(=O)O)C1CC1. The van der Waals surface area contributed by atoms with E-state index in [9.17, 15) is 23.1 Å². The fourth-order valence-corrected chi connectivity index (χ4v) is 2.53. The molecule has 110 valence electrons. The molecule has 2 rings (SSSR count). The number of hydrogen-bond acceptors (Lipinski definition) is 2. The molecule has 0 radical (unpaired) electrons. The first kappa shape index (κ1) is 14.8. The molecule has 1 unspecified atom stereocenters. The zero-order chi connectivity index (χ0) is 15.0. The molecule has 0 heterocycles. The number of halogens is 3. The van der Waals surface area contributed by atoms with E-state index in [0.717, 1.165) is 25.0 Å². The molecule has 3 N–H and O–H groups in total. The fraction of sp³-hybridized carbons (Fsp3) is 0.500. The van der Waals surface area contributed by atoms with Crippen LogP contribution in [0, 0.1) is 11.3 Å². The Hall–Kier alpha value is -1.56. The monoisotopic (exact) mass is 287 g/mol. The van der Waals surface area contributed by atoms with Gasteiger partial charge in [-0.15, -0.1) is 0 Å². The molecule has 0 aromatic heterocycles. The topological polar surface area (TPSA) is 63.3 Å².